The number of phenols is 1. The number of carbonyl (C=O) groups is 3. The molecule has 0 bridgehead atoms. The molecule has 5 nitrogen and oxygen atoms in total. The highest BCUT2D eigenvalue weighted by Crippen LogP contribution is 2.30. The number of carbonyl (C=O) groups excluding carboxylic acids is 3. The quantitative estimate of drug-likeness (QED) is 0.602. The van der Waals surface area contributed by atoms with Crippen LogP contribution in [0.3, 0.4) is 0 Å². The monoisotopic (exact) mass is 269 g/mol. The van der Waals surface area contributed by atoms with Crippen LogP contribution in [0, 0.1) is 0 Å². The van der Waals surface area contributed by atoms with Gasteiger partial charge in [0, 0.05) is 18.7 Å². The van der Waals surface area contributed by atoms with Crippen molar-refractivity contribution in [2.45, 2.75) is 20.3 Å². The fourth-order valence-corrected chi connectivity index (χ4v) is 1.55. The second-order valence-corrected chi connectivity index (χ2v) is 4.31. The van der Waals surface area contributed by atoms with E-state index in [9.17, 15) is 19.5 Å². The number of halogens is 1. The van der Waals surface area contributed by atoms with Gasteiger partial charge in [0.05, 0.1) is 12.0 Å². The summed E-state index contributed by atoms with van der Waals surface area (Å²) in [5, 5.41) is 11.7. The van der Waals surface area contributed by atoms with Crippen LogP contribution >= 0.6 is 11.6 Å². The smallest absolute Gasteiger partial charge is 0.228 e. The number of ketones is 1. The van der Waals surface area contributed by atoms with Gasteiger partial charge in [0.15, 0.2) is 5.78 Å². The van der Waals surface area contributed by atoms with Crippen molar-refractivity contribution in [1.82, 2.24) is 0 Å². The molecule has 1 aromatic carbocycles. The average Bonchev–Trinajstić information content (AvgIpc) is 2.54. The number of aromatic hydroxyl groups is 1. The maximum absolute atomic E-state index is 11.1. The summed E-state index contributed by atoms with van der Waals surface area (Å²) in [6, 6.07) is 2.97. The van der Waals surface area contributed by atoms with Crippen molar-refractivity contribution >= 4 is 34.2 Å². The summed E-state index contributed by atoms with van der Waals surface area (Å²) in [4.78, 5) is 31.3. The SMILES string of the molecule is CC(=O)Cl.CC(=O)c1cc2c(cc1O)NC(=O)C2. The third-order valence-corrected chi connectivity index (χ3v) is 2.23. The third-order valence-electron chi connectivity index (χ3n) is 2.23. The van der Waals surface area contributed by atoms with Crippen LogP contribution in [0.1, 0.15) is 29.8 Å². The highest BCUT2D eigenvalue weighted by atomic mass is 35.5. The van der Waals surface area contributed by atoms with Gasteiger partial charge < -0.3 is 10.4 Å². The van der Waals surface area contributed by atoms with Crippen molar-refractivity contribution in [2.24, 2.45) is 0 Å². The van der Waals surface area contributed by atoms with Gasteiger partial charge in [0.2, 0.25) is 11.1 Å². The van der Waals surface area contributed by atoms with Crippen LogP contribution in [0.5, 0.6) is 5.75 Å². The molecule has 18 heavy (non-hydrogen) atoms. The molecule has 0 spiro atoms. The number of amides is 1. The molecule has 96 valence electrons. The van der Waals surface area contributed by atoms with Gasteiger partial charge in [0.1, 0.15) is 5.75 Å². The van der Waals surface area contributed by atoms with Crippen molar-refractivity contribution in [3.8, 4) is 5.75 Å². The van der Waals surface area contributed by atoms with Crippen molar-refractivity contribution in [2.75, 3.05) is 5.32 Å². The first-order chi connectivity index (χ1) is 8.31. The number of rotatable bonds is 1. The normalized spacial score (nSPS) is 12.1. The van der Waals surface area contributed by atoms with Crippen LogP contribution in [0.15, 0.2) is 12.1 Å². The van der Waals surface area contributed by atoms with Crippen LogP contribution in [-0.4, -0.2) is 22.0 Å². The van der Waals surface area contributed by atoms with E-state index in [0.29, 0.717) is 5.69 Å². The summed E-state index contributed by atoms with van der Waals surface area (Å²) in [5.74, 6) is -0.400. The average molecular weight is 270 g/mol. The Labute approximate surface area is 109 Å². The van der Waals surface area contributed by atoms with Crippen molar-refractivity contribution < 1.29 is 19.5 Å². The second-order valence-electron chi connectivity index (χ2n) is 3.78. The van der Waals surface area contributed by atoms with Crippen LogP contribution in [-0.2, 0) is 16.0 Å². The maximum Gasteiger partial charge on any atom is 0.228 e. The number of hydrogen-bond acceptors (Lipinski definition) is 4. The first kappa shape index (κ1) is 14.2. The van der Waals surface area contributed by atoms with E-state index >= 15 is 0 Å². The molecule has 0 aromatic heterocycles. The zero-order valence-corrected chi connectivity index (χ0v) is 10.7. The van der Waals surface area contributed by atoms with Gasteiger partial charge in [-0.05, 0) is 30.2 Å². The molecule has 1 heterocycles. The molecule has 1 aromatic rings. The predicted molar refractivity (Wildman–Crippen MR) is 67.0 cm³/mol. The highest BCUT2D eigenvalue weighted by Gasteiger charge is 2.20. The van der Waals surface area contributed by atoms with Crippen LogP contribution in [0.25, 0.3) is 0 Å². The van der Waals surface area contributed by atoms with Gasteiger partial charge >= 0.3 is 0 Å². The largest absolute Gasteiger partial charge is 0.507 e. The zero-order chi connectivity index (χ0) is 13.9. The Morgan fingerprint density at radius 2 is 1.89 bits per heavy atom. The Morgan fingerprint density at radius 3 is 2.39 bits per heavy atom. The number of anilines is 1. The topological polar surface area (TPSA) is 83.5 Å². The summed E-state index contributed by atoms with van der Waals surface area (Å²) < 4.78 is 0. The minimum Gasteiger partial charge on any atom is -0.507 e. The molecule has 0 unspecified atom stereocenters. The lowest BCUT2D eigenvalue weighted by Crippen LogP contribution is -2.03. The van der Waals surface area contributed by atoms with Crippen LogP contribution in [0.2, 0.25) is 0 Å². The van der Waals surface area contributed by atoms with E-state index in [4.69, 9.17) is 0 Å². The van der Waals surface area contributed by atoms with E-state index in [1.807, 2.05) is 0 Å². The summed E-state index contributed by atoms with van der Waals surface area (Å²) in [7, 11) is 0. The summed E-state index contributed by atoms with van der Waals surface area (Å²) >= 11 is 4.64. The molecule has 0 saturated heterocycles. The lowest BCUT2D eigenvalue weighted by molar-refractivity contribution is -0.115. The maximum atomic E-state index is 11.1. The van der Waals surface area contributed by atoms with E-state index in [0.717, 1.165) is 5.56 Å². The number of nitrogens with one attached hydrogen (secondary N) is 1. The Bertz CT molecular complexity index is 521. The molecule has 0 atom stereocenters. The van der Waals surface area contributed by atoms with Crippen LogP contribution in [0.4, 0.5) is 5.69 Å². The molecule has 0 fully saturated rings. The minimum atomic E-state index is -0.361. The van der Waals surface area contributed by atoms with E-state index in [1.54, 1.807) is 6.07 Å². The molecular weight excluding hydrogens is 258 g/mol. The number of phenolic OH excluding ortho intramolecular Hbond substituents is 1. The molecule has 2 N–H and O–H groups in total. The molecule has 1 aliphatic heterocycles. The Balaban J connectivity index is 0.000000357. The minimum absolute atomic E-state index is 0.0848. The van der Waals surface area contributed by atoms with E-state index < -0.39 is 0 Å². The van der Waals surface area contributed by atoms with Gasteiger partial charge in [-0.3, -0.25) is 14.4 Å². The molecule has 1 amide bonds. The van der Waals surface area contributed by atoms with Gasteiger partial charge in [0.25, 0.3) is 0 Å². The molecular formula is C12H12ClNO4. The van der Waals surface area contributed by atoms with E-state index in [-0.39, 0.29) is 34.7 Å². The number of Topliss-reactive ketones (excluding diaryl/α,β-unsaturated/α-hetero) is 1. The third kappa shape index (κ3) is 3.56. The van der Waals surface area contributed by atoms with E-state index in [1.165, 1.54) is 19.9 Å². The number of benzene rings is 1. The number of hydrogen-bond donors (Lipinski definition) is 2. The first-order valence-corrected chi connectivity index (χ1v) is 5.51. The number of fused-ring (bicyclic) bond motifs is 1. The Morgan fingerprint density at radius 1 is 1.33 bits per heavy atom. The molecule has 0 aliphatic carbocycles. The first-order valence-electron chi connectivity index (χ1n) is 5.14. The van der Waals surface area contributed by atoms with Crippen molar-refractivity contribution in [3.05, 3.63) is 23.3 Å². The summed E-state index contributed by atoms with van der Waals surface area (Å²) in [6.07, 6.45) is 0.274. The van der Waals surface area contributed by atoms with Gasteiger partial charge in [-0.1, -0.05) is 0 Å². The van der Waals surface area contributed by atoms with Gasteiger partial charge in [-0.25, -0.2) is 0 Å². The Kier molecular flexibility index (Phi) is 4.44. The Hall–Kier alpha value is -1.88. The lowest BCUT2D eigenvalue weighted by Gasteiger charge is -2.03. The molecule has 0 radical (unpaired) electrons. The van der Waals surface area contributed by atoms with Gasteiger partial charge in [-0.2, -0.15) is 0 Å². The fourth-order valence-electron chi connectivity index (χ4n) is 1.55. The standard InChI is InChI=1S/C10H9NO3.C2H3ClO/c1-5(12)7-2-6-3-10(14)11-8(6)4-9(7)13;1-2(3)4/h2,4,13H,3H2,1H3,(H,11,14);1H3. The van der Waals surface area contributed by atoms with Gasteiger partial charge in [-0.15, -0.1) is 0 Å². The summed E-state index contributed by atoms with van der Waals surface area (Å²) in [6.45, 7) is 2.67. The molecule has 6 heteroatoms. The van der Waals surface area contributed by atoms with Crippen molar-refractivity contribution in [3.63, 3.8) is 0 Å². The molecule has 0 saturated carbocycles. The zero-order valence-electron chi connectivity index (χ0n) is 9.91. The lowest BCUT2D eigenvalue weighted by atomic mass is 10.0. The van der Waals surface area contributed by atoms with Crippen molar-refractivity contribution in [1.29, 1.82) is 0 Å². The summed E-state index contributed by atoms with van der Waals surface area (Å²) in [5.41, 5.74) is 1.62. The fraction of sp³-hybridized carbons (Fsp3) is 0.250. The predicted octanol–water partition coefficient (Wildman–Crippen LogP) is 1.86. The van der Waals surface area contributed by atoms with Crippen LogP contribution < -0.4 is 5.32 Å². The molecule has 2 rings (SSSR count). The van der Waals surface area contributed by atoms with E-state index in [2.05, 4.69) is 16.9 Å². The molecule has 1 aliphatic rings. The highest BCUT2D eigenvalue weighted by molar-refractivity contribution is 6.62. The second kappa shape index (κ2) is 5.64.